The number of halogens is 1. The van der Waals surface area contributed by atoms with Crippen molar-refractivity contribution in [2.24, 2.45) is 0 Å². The van der Waals surface area contributed by atoms with Crippen molar-refractivity contribution in [3.05, 3.63) is 28.8 Å². The predicted molar refractivity (Wildman–Crippen MR) is 58.7 cm³/mol. The molecule has 3 N–H and O–H groups in total. The molecule has 0 aromatic heterocycles. The van der Waals surface area contributed by atoms with Crippen LogP contribution in [0.15, 0.2) is 18.2 Å². The average molecular weight is 244 g/mol. The Morgan fingerprint density at radius 2 is 2.06 bits per heavy atom. The van der Waals surface area contributed by atoms with E-state index >= 15 is 0 Å². The summed E-state index contributed by atoms with van der Waals surface area (Å²) < 4.78 is 0. The van der Waals surface area contributed by atoms with Gasteiger partial charge in [0.2, 0.25) is 0 Å². The highest BCUT2D eigenvalue weighted by molar-refractivity contribution is 6.33. The van der Waals surface area contributed by atoms with Gasteiger partial charge in [-0.05, 0) is 25.1 Å². The number of nitrogens with one attached hydrogen (secondary N) is 1. The highest BCUT2D eigenvalue weighted by Crippen LogP contribution is 2.20. The summed E-state index contributed by atoms with van der Waals surface area (Å²) in [5.41, 5.74) is 0.165. The van der Waals surface area contributed by atoms with E-state index in [0.29, 0.717) is 0 Å². The van der Waals surface area contributed by atoms with Crippen LogP contribution in [0.25, 0.3) is 0 Å². The Hall–Kier alpha value is -1.59. The van der Waals surface area contributed by atoms with Crippen molar-refractivity contribution in [3.8, 4) is 0 Å². The first kappa shape index (κ1) is 12.5. The van der Waals surface area contributed by atoms with Crippen LogP contribution in [0.5, 0.6) is 0 Å². The fraction of sp³-hybridized carbons (Fsp3) is 0.200. The summed E-state index contributed by atoms with van der Waals surface area (Å²) in [5.74, 6) is -1.79. The maximum absolute atomic E-state index is 11.1. The summed E-state index contributed by atoms with van der Waals surface area (Å²) in [4.78, 5) is 21.9. The monoisotopic (exact) mass is 243 g/mol. The first-order valence-electron chi connectivity index (χ1n) is 4.43. The number of benzene rings is 1. The maximum atomic E-state index is 11.1. The van der Waals surface area contributed by atoms with Gasteiger partial charge in [-0.3, -0.25) is 4.79 Å². The number of carbonyl (C=O) groups is 2. The first-order chi connectivity index (χ1) is 7.41. The van der Waals surface area contributed by atoms with E-state index in [1.165, 1.54) is 25.1 Å². The van der Waals surface area contributed by atoms with Gasteiger partial charge in [0.25, 0.3) is 5.91 Å². The number of hydrogen-bond acceptors (Lipinski definition) is 3. The standard InChI is InChI=1S/C10H10ClNO4/c1-5(13)9(14)12-6-2-3-8(11)7(4-6)10(15)16/h2-5,13H,1H3,(H,12,14)(H,15,16). The van der Waals surface area contributed by atoms with Crippen LogP contribution in [0.4, 0.5) is 5.69 Å². The minimum atomic E-state index is -1.18. The number of amides is 1. The largest absolute Gasteiger partial charge is 0.478 e. The molecule has 0 fully saturated rings. The molecular formula is C10H10ClNO4. The molecule has 0 radical (unpaired) electrons. The Kier molecular flexibility index (Phi) is 3.87. The van der Waals surface area contributed by atoms with Crippen LogP contribution < -0.4 is 5.32 Å². The molecular weight excluding hydrogens is 234 g/mol. The second kappa shape index (κ2) is 4.96. The number of aromatic carboxylic acids is 1. The number of rotatable bonds is 3. The number of carbonyl (C=O) groups excluding carboxylic acids is 1. The summed E-state index contributed by atoms with van der Waals surface area (Å²) in [6.07, 6.45) is -1.16. The number of hydrogen-bond donors (Lipinski definition) is 3. The summed E-state index contributed by atoms with van der Waals surface area (Å²) >= 11 is 5.65. The molecule has 0 saturated carbocycles. The smallest absolute Gasteiger partial charge is 0.337 e. The Morgan fingerprint density at radius 1 is 1.44 bits per heavy atom. The van der Waals surface area contributed by atoms with E-state index in [1.807, 2.05) is 0 Å². The van der Waals surface area contributed by atoms with Gasteiger partial charge in [-0.25, -0.2) is 4.79 Å². The lowest BCUT2D eigenvalue weighted by Gasteiger charge is -2.08. The normalized spacial score (nSPS) is 11.9. The SMILES string of the molecule is CC(O)C(=O)Nc1ccc(Cl)c(C(=O)O)c1. The van der Waals surface area contributed by atoms with E-state index in [2.05, 4.69) is 5.32 Å². The molecule has 0 spiro atoms. The van der Waals surface area contributed by atoms with Gasteiger partial charge in [-0.1, -0.05) is 11.6 Å². The van der Waals surface area contributed by atoms with E-state index in [-0.39, 0.29) is 16.3 Å². The zero-order valence-electron chi connectivity index (χ0n) is 8.40. The van der Waals surface area contributed by atoms with Crippen molar-refractivity contribution in [1.29, 1.82) is 0 Å². The molecule has 86 valence electrons. The van der Waals surface area contributed by atoms with Crippen LogP contribution in [-0.4, -0.2) is 28.2 Å². The van der Waals surface area contributed by atoms with Gasteiger partial charge in [0.15, 0.2) is 0 Å². The minimum absolute atomic E-state index is 0.0857. The topological polar surface area (TPSA) is 86.6 Å². The number of carboxylic acid groups (broad SMARTS) is 1. The molecule has 0 heterocycles. The highest BCUT2D eigenvalue weighted by atomic mass is 35.5. The number of carboxylic acids is 1. The third-order valence-corrected chi connectivity index (χ3v) is 2.17. The molecule has 6 heteroatoms. The fourth-order valence-electron chi connectivity index (χ4n) is 1.01. The van der Waals surface area contributed by atoms with Crippen molar-refractivity contribution in [1.82, 2.24) is 0 Å². The molecule has 1 amide bonds. The molecule has 1 aromatic carbocycles. The van der Waals surface area contributed by atoms with Gasteiger partial charge >= 0.3 is 5.97 Å². The molecule has 16 heavy (non-hydrogen) atoms. The Morgan fingerprint density at radius 3 is 2.56 bits per heavy atom. The van der Waals surface area contributed by atoms with Crippen LogP contribution in [0, 0.1) is 0 Å². The molecule has 0 aliphatic carbocycles. The van der Waals surface area contributed by atoms with E-state index in [9.17, 15) is 9.59 Å². The summed E-state index contributed by atoms with van der Waals surface area (Å²) in [5, 5.41) is 20.2. The van der Waals surface area contributed by atoms with Crippen molar-refractivity contribution in [2.45, 2.75) is 13.0 Å². The van der Waals surface area contributed by atoms with Gasteiger partial charge in [0, 0.05) is 5.69 Å². The quantitative estimate of drug-likeness (QED) is 0.748. The maximum Gasteiger partial charge on any atom is 0.337 e. The summed E-state index contributed by atoms with van der Waals surface area (Å²) in [7, 11) is 0. The molecule has 0 saturated heterocycles. The van der Waals surface area contributed by atoms with Crippen molar-refractivity contribution in [2.75, 3.05) is 5.32 Å². The first-order valence-corrected chi connectivity index (χ1v) is 4.81. The van der Waals surface area contributed by atoms with Crippen LogP contribution in [0.3, 0.4) is 0 Å². The van der Waals surface area contributed by atoms with Crippen LogP contribution >= 0.6 is 11.6 Å². The average Bonchev–Trinajstić information content (AvgIpc) is 2.20. The van der Waals surface area contributed by atoms with Crippen LogP contribution in [-0.2, 0) is 4.79 Å². The molecule has 1 unspecified atom stereocenters. The van der Waals surface area contributed by atoms with Crippen molar-refractivity contribution < 1.29 is 19.8 Å². The molecule has 1 rings (SSSR count). The van der Waals surface area contributed by atoms with Gasteiger partial charge in [0.1, 0.15) is 6.10 Å². The van der Waals surface area contributed by atoms with Gasteiger partial charge < -0.3 is 15.5 Å². The molecule has 1 aromatic rings. The number of aliphatic hydroxyl groups excluding tert-OH is 1. The highest BCUT2D eigenvalue weighted by Gasteiger charge is 2.12. The van der Waals surface area contributed by atoms with E-state index in [1.54, 1.807) is 0 Å². The Balaban J connectivity index is 2.95. The van der Waals surface area contributed by atoms with Gasteiger partial charge in [-0.15, -0.1) is 0 Å². The second-order valence-corrected chi connectivity index (χ2v) is 3.57. The Bertz CT molecular complexity index is 431. The fourth-order valence-corrected chi connectivity index (χ4v) is 1.21. The third-order valence-electron chi connectivity index (χ3n) is 1.84. The minimum Gasteiger partial charge on any atom is -0.478 e. The van der Waals surface area contributed by atoms with Crippen LogP contribution in [0.2, 0.25) is 5.02 Å². The van der Waals surface area contributed by atoms with E-state index in [4.69, 9.17) is 21.8 Å². The third kappa shape index (κ3) is 2.95. The lowest BCUT2D eigenvalue weighted by Crippen LogP contribution is -2.24. The molecule has 1 atom stereocenters. The van der Waals surface area contributed by atoms with E-state index in [0.717, 1.165) is 0 Å². The lowest BCUT2D eigenvalue weighted by atomic mass is 10.2. The van der Waals surface area contributed by atoms with Crippen LogP contribution in [0.1, 0.15) is 17.3 Å². The van der Waals surface area contributed by atoms with Crippen molar-refractivity contribution >= 4 is 29.2 Å². The summed E-state index contributed by atoms with van der Waals surface area (Å²) in [6.45, 7) is 1.31. The Labute approximate surface area is 96.7 Å². The van der Waals surface area contributed by atoms with E-state index < -0.39 is 18.0 Å². The van der Waals surface area contributed by atoms with Gasteiger partial charge in [-0.2, -0.15) is 0 Å². The number of anilines is 1. The zero-order chi connectivity index (χ0) is 12.3. The molecule has 5 nitrogen and oxygen atoms in total. The second-order valence-electron chi connectivity index (χ2n) is 3.17. The summed E-state index contributed by atoms with van der Waals surface area (Å²) in [6, 6.07) is 4.04. The lowest BCUT2D eigenvalue weighted by molar-refractivity contribution is -0.123. The van der Waals surface area contributed by atoms with Gasteiger partial charge in [0.05, 0.1) is 10.6 Å². The number of aliphatic hydroxyl groups is 1. The zero-order valence-corrected chi connectivity index (χ0v) is 9.15. The molecule has 0 aliphatic rings. The molecule has 0 aliphatic heterocycles. The predicted octanol–water partition coefficient (Wildman–Crippen LogP) is 1.36. The van der Waals surface area contributed by atoms with Crippen molar-refractivity contribution in [3.63, 3.8) is 0 Å². The molecule has 0 bridgehead atoms.